The number of carbonyl (C=O) groups is 1. The number of aryl methyl sites for hydroxylation is 2. The molecule has 5 nitrogen and oxygen atoms in total. The molecule has 1 N–H and O–H groups in total. The molecule has 0 fully saturated rings. The van der Waals surface area contributed by atoms with Crippen molar-refractivity contribution in [3.63, 3.8) is 0 Å². The van der Waals surface area contributed by atoms with Crippen molar-refractivity contribution in [2.24, 2.45) is 0 Å². The van der Waals surface area contributed by atoms with Gasteiger partial charge in [0.2, 0.25) is 0 Å². The average molecular weight is 340 g/mol. The van der Waals surface area contributed by atoms with E-state index in [0.29, 0.717) is 24.2 Å². The molecule has 25 heavy (non-hydrogen) atoms. The number of hydrogen-bond acceptors (Lipinski definition) is 3. The predicted octanol–water partition coefficient (Wildman–Crippen LogP) is 3.22. The Kier molecular flexibility index (Phi) is 4.79. The van der Waals surface area contributed by atoms with Crippen molar-refractivity contribution in [3.8, 4) is 0 Å². The first-order valence-electron chi connectivity index (χ1n) is 8.37. The number of aromatic nitrogens is 3. The number of halogens is 1. The van der Waals surface area contributed by atoms with E-state index in [-0.39, 0.29) is 11.7 Å². The maximum Gasteiger partial charge on any atom is 0.256 e. The van der Waals surface area contributed by atoms with Gasteiger partial charge in [0.25, 0.3) is 5.91 Å². The van der Waals surface area contributed by atoms with E-state index in [0.717, 1.165) is 28.9 Å². The lowest BCUT2D eigenvalue weighted by Crippen LogP contribution is -2.24. The van der Waals surface area contributed by atoms with Crippen molar-refractivity contribution in [1.29, 1.82) is 0 Å². The Morgan fingerprint density at radius 2 is 1.96 bits per heavy atom. The van der Waals surface area contributed by atoms with E-state index >= 15 is 0 Å². The molecule has 0 aliphatic carbocycles. The van der Waals surface area contributed by atoms with Gasteiger partial charge in [-0.3, -0.25) is 4.79 Å². The third kappa shape index (κ3) is 3.38. The fourth-order valence-electron chi connectivity index (χ4n) is 2.87. The highest BCUT2D eigenvalue weighted by Gasteiger charge is 2.18. The van der Waals surface area contributed by atoms with Gasteiger partial charge in [-0.2, -0.15) is 5.10 Å². The van der Waals surface area contributed by atoms with E-state index in [2.05, 4.69) is 15.4 Å². The Bertz CT molecular complexity index is 915. The molecule has 0 spiro atoms. The smallest absolute Gasteiger partial charge is 0.256 e. The van der Waals surface area contributed by atoms with Crippen molar-refractivity contribution in [2.45, 2.75) is 33.6 Å². The van der Waals surface area contributed by atoms with Crippen LogP contribution in [0.4, 0.5) is 4.39 Å². The molecule has 0 aliphatic heterocycles. The maximum atomic E-state index is 13.1. The van der Waals surface area contributed by atoms with Crippen LogP contribution in [-0.4, -0.2) is 27.0 Å². The number of amides is 1. The monoisotopic (exact) mass is 340 g/mol. The van der Waals surface area contributed by atoms with Crippen molar-refractivity contribution in [2.75, 3.05) is 6.54 Å². The van der Waals surface area contributed by atoms with Crippen LogP contribution in [0.25, 0.3) is 5.65 Å². The summed E-state index contributed by atoms with van der Waals surface area (Å²) in [5.74, 6) is -0.407. The van der Waals surface area contributed by atoms with Crippen LogP contribution in [0.5, 0.6) is 0 Å². The Morgan fingerprint density at radius 1 is 1.24 bits per heavy atom. The van der Waals surface area contributed by atoms with Gasteiger partial charge in [-0.05, 0) is 43.5 Å². The van der Waals surface area contributed by atoms with Crippen LogP contribution in [-0.2, 0) is 6.42 Å². The number of carbonyl (C=O) groups excluding carboxylic acids is 1. The maximum absolute atomic E-state index is 13.1. The lowest BCUT2D eigenvalue weighted by atomic mass is 10.0. The zero-order chi connectivity index (χ0) is 18.0. The molecule has 0 bridgehead atoms. The number of rotatable bonds is 5. The minimum Gasteiger partial charge on any atom is -0.352 e. The first kappa shape index (κ1) is 17.1. The van der Waals surface area contributed by atoms with Crippen molar-refractivity contribution in [1.82, 2.24) is 19.9 Å². The average Bonchev–Trinajstić information content (AvgIpc) is 3.02. The molecular weight excluding hydrogens is 319 g/mol. The minimum absolute atomic E-state index is 0.158. The summed E-state index contributed by atoms with van der Waals surface area (Å²) >= 11 is 0. The molecule has 3 aromatic rings. The molecule has 3 rings (SSSR count). The Labute approximate surface area is 145 Å². The van der Waals surface area contributed by atoms with Crippen molar-refractivity contribution in [3.05, 3.63) is 64.4 Å². The van der Waals surface area contributed by atoms with Gasteiger partial charge >= 0.3 is 0 Å². The SMILES string of the molecule is CCCNC(=O)c1cnn2c(C)c(Cc3ccc(F)cc3)c(C)nc12. The number of fused-ring (bicyclic) bond motifs is 1. The van der Waals surface area contributed by atoms with E-state index in [1.807, 2.05) is 20.8 Å². The molecule has 2 heterocycles. The fourth-order valence-corrected chi connectivity index (χ4v) is 2.87. The van der Waals surface area contributed by atoms with Crippen LogP contribution in [0.2, 0.25) is 0 Å². The first-order chi connectivity index (χ1) is 12.0. The summed E-state index contributed by atoms with van der Waals surface area (Å²) in [6, 6.07) is 6.45. The van der Waals surface area contributed by atoms with Gasteiger partial charge in [0.1, 0.15) is 11.4 Å². The second-order valence-electron chi connectivity index (χ2n) is 6.11. The van der Waals surface area contributed by atoms with Gasteiger partial charge in [0.05, 0.1) is 6.20 Å². The summed E-state index contributed by atoms with van der Waals surface area (Å²) in [5, 5.41) is 7.20. The Balaban J connectivity index is 1.99. The minimum atomic E-state index is -0.249. The standard InChI is InChI=1S/C19H21FN4O/c1-4-9-21-19(25)17-11-22-24-13(3)16(12(2)23-18(17)24)10-14-5-7-15(20)8-6-14/h5-8,11H,4,9-10H2,1-3H3,(H,21,25). The molecule has 130 valence electrons. The lowest BCUT2D eigenvalue weighted by molar-refractivity contribution is 0.0955. The molecule has 0 saturated heterocycles. The number of nitrogens with zero attached hydrogens (tertiary/aromatic N) is 3. The van der Waals surface area contributed by atoms with Gasteiger partial charge in [-0.15, -0.1) is 0 Å². The molecule has 0 saturated carbocycles. The molecule has 2 aromatic heterocycles. The molecule has 0 atom stereocenters. The highest BCUT2D eigenvalue weighted by atomic mass is 19.1. The normalized spacial score (nSPS) is 11.0. The van der Waals surface area contributed by atoms with Gasteiger partial charge in [0.15, 0.2) is 5.65 Å². The van der Waals surface area contributed by atoms with Gasteiger partial charge in [-0.1, -0.05) is 19.1 Å². The van der Waals surface area contributed by atoms with Crippen LogP contribution in [0.15, 0.2) is 30.5 Å². The third-order valence-electron chi connectivity index (χ3n) is 4.28. The second kappa shape index (κ2) is 7.01. The van der Waals surface area contributed by atoms with Crippen LogP contribution < -0.4 is 5.32 Å². The fraction of sp³-hybridized carbons (Fsp3) is 0.316. The summed E-state index contributed by atoms with van der Waals surface area (Å²) in [4.78, 5) is 16.9. The topological polar surface area (TPSA) is 59.3 Å². The summed E-state index contributed by atoms with van der Waals surface area (Å²) in [7, 11) is 0. The quantitative estimate of drug-likeness (QED) is 0.776. The zero-order valence-corrected chi connectivity index (χ0v) is 14.6. The third-order valence-corrected chi connectivity index (χ3v) is 4.28. The van der Waals surface area contributed by atoms with E-state index in [4.69, 9.17) is 0 Å². The number of benzene rings is 1. The summed E-state index contributed by atoms with van der Waals surface area (Å²) in [6.45, 7) is 6.51. The highest BCUT2D eigenvalue weighted by molar-refractivity contribution is 5.99. The molecule has 6 heteroatoms. The van der Waals surface area contributed by atoms with E-state index < -0.39 is 0 Å². The first-order valence-corrected chi connectivity index (χ1v) is 8.37. The number of hydrogen-bond donors (Lipinski definition) is 1. The highest BCUT2D eigenvalue weighted by Crippen LogP contribution is 2.20. The summed E-state index contributed by atoms with van der Waals surface area (Å²) in [5.41, 5.74) is 4.85. The molecule has 0 unspecified atom stereocenters. The van der Waals surface area contributed by atoms with Crippen molar-refractivity contribution < 1.29 is 9.18 Å². The molecule has 1 aromatic carbocycles. The molecule has 1 amide bonds. The van der Waals surface area contributed by atoms with E-state index in [9.17, 15) is 9.18 Å². The lowest BCUT2D eigenvalue weighted by Gasteiger charge is -2.12. The summed E-state index contributed by atoms with van der Waals surface area (Å²) < 4.78 is 14.8. The predicted molar refractivity (Wildman–Crippen MR) is 94.3 cm³/mol. The second-order valence-corrected chi connectivity index (χ2v) is 6.11. The molecular formula is C19H21FN4O. The molecule has 0 aliphatic rings. The Morgan fingerprint density at radius 3 is 2.64 bits per heavy atom. The van der Waals surface area contributed by atoms with Crippen LogP contribution in [0.1, 0.15) is 46.2 Å². The largest absolute Gasteiger partial charge is 0.352 e. The van der Waals surface area contributed by atoms with Crippen LogP contribution in [0, 0.1) is 19.7 Å². The van der Waals surface area contributed by atoms with Gasteiger partial charge < -0.3 is 5.32 Å². The van der Waals surface area contributed by atoms with Crippen LogP contribution >= 0.6 is 0 Å². The summed E-state index contributed by atoms with van der Waals surface area (Å²) in [6.07, 6.45) is 3.07. The van der Waals surface area contributed by atoms with E-state index in [1.165, 1.54) is 12.1 Å². The Hall–Kier alpha value is -2.76. The molecule has 0 radical (unpaired) electrons. The zero-order valence-electron chi connectivity index (χ0n) is 14.6. The van der Waals surface area contributed by atoms with E-state index in [1.54, 1.807) is 22.8 Å². The van der Waals surface area contributed by atoms with Gasteiger partial charge in [-0.25, -0.2) is 13.9 Å². The van der Waals surface area contributed by atoms with Gasteiger partial charge in [0, 0.05) is 24.4 Å². The van der Waals surface area contributed by atoms with Crippen molar-refractivity contribution >= 4 is 11.6 Å². The van der Waals surface area contributed by atoms with Crippen LogP contribution in [0.3, 0.4) is 0 Å². The number of nitrogens with one attached hydrogen (secondary N) is 1.